The van der Waals surface area contributed by atoms with Gasteiger partial charge in [0.2, 0.25) is 17.7 Å². The second-order valence-corrected chi connectivity index (χ2v) is 9.08. The van der Waals surface area contributed by atoms with Gasteiger partial charge in [-0.3, -0.25) is 23.7 Å². The maximum Gasteiger partial charge on any atom is 0.351 e. The number of piperidine rings is 1. The molecule has 0 spiro atoms. The standard InChI is InChI=1S/C24H35N5O8/c1-5-16-20(21(35-4)23(36-16)29-13-10-17(26-14(2)30)27-24(29)34)37-19(32)7-6-18(31)28-11-8-15(9-12-28)22(33)25-3/h10,13,15-16,20-21,23H,5-9,11-12H2,1-4H3,(H,25,33)(H,26,27,30,34)/t16-,20+,21?,23-/m1/s1. The van der Waals surface area contributed by atoms with E-state index >= 15 is 0 Å². The molecular formula is C24H35N5O8. The summed E-state index contributed by atoms with van der Waals surface area (Å²) in [7, 11) is 3.02. The van der Waals surface area contributed by atoms with E-state index in [1.54, 1.807) is 11.9 Å². The van der Waals surface area contributed by atoms with E-state index in [1.165, 1.54) is 30.9 Å². The highest BCUT2D eigenvalue weighted by Crippen LogP contribution is 2.34. The molecule has 2 N–H and O–H groups in total. The van der Waals surface area contributed by atoms with Gasteiger partial charge in [-0.2, -0.15) is 4.98 Å². The monoisotopic (exact) mass is 521 g/mol. The Hall–Kier alpha value is -3.32. The van der Waals surface area contributed by atoms with Gasteiger partial charge in [-0.1, -0.05) is 6.92 Å². The third-order valence-corrected chi connectivity index (χ3v) is 6.64. The molecule has 4 atom stereocenters. The van der Waals surface area contributed by atoms with Gasteiger partial charge in [0.05, 0.1) is 12.5 Å². The van der Waals surface area contributed by atoms with Crippen molar-refractivity contribution in [1.82, 2.24) is 19.8 Å². The highest BCUT2D eigenvalue weighted by molar-refractivity contribution is 5.87. The quantitative estimate of drug-likeness (QED) is 0.433. The van der Waals surface area contributed by atoms with Crippen molar-refractivity contribution in [3.8, 4) is 0 Å². The molecule has 0 aliphatic carbocycles. The third kappa shape index (κ3) is 6.92. The predicted molar refractivity (Wildman–Crippen MR) is 130 cm³/mol. The first-order chi connectivity index (χ1) is 17.7. The Bertz CT molecular complexity index is 1050. The molecule has 3 heterocycles. The van der Waals surface area contributed by atoms with E-state index in [0.717, 1.165) is 0 Å². The topological polar surface area (TPSA) is 158 Å². The smallest absolute Gasteiger partial charge is 0.351 e. The van der Waals surface area contributed by atoms with Crippen molar-refractivity contribution in [2.75, 3.05) is 32.6 Å². The zero-order valence-electron chi connectivity index (χ0n) is 21.6. The summed E-state index contributed by atoms with van der Waals surface area (Å²) in [6.45, 7) is 4.10. The van der Waals surface area contributed by atoms with Crippen LogP contribution in [0.15, 0.2) is 17.1 Å². The van der Waals surface area contributed by atoms with Gasteiger partial charge in [0.1, 0.15) is 11.9 Å². The summed E-state index contributed by atoms with van der Waals surface area (Å²) < 4.78 is 18.5. The lowest BCUT2D eigenvalue weighted by atomic mass is 9.96. The number of rotatable bonds is 9. The molecule has 3 rings (SSSR count). The third-order valence-electron chi connectivity index (χ3n) is 6.64. The molecule has 0 radical (unpaired) electrons. The fourth-order valence-corrected chi connectivity index (χ4v) is 4.68. The number of nitrogens with one attached hydrogen (secondary N) is 2. The Morgan fingerprint density at radius 2 is 1.86 bits per heavy atom. The van der Waals surface area contributed by atoms with Gasteiger partial charge >= 0.3 is 11.7 Å². The van der Waals surface area contributed by atoms with Crippen molar-refractivity contribution in [1.29, 1.82) is 0 Å². The fourth-order valence-electron chi connectivity index (χ4n) is 4.68. The van der Waals surface area contributed by atoms with Crippen molar-refractivity contribution in [2.45, 2.75) is 70.5 Å². The molecule has 204 valence electrons. The van der Waals surface area contributed by atoms with Crippen LogP contribution in [-0.2, 0) is 33.4 Å². The van der Waals surface area contributed by atoms with E-state index in [1.807, 2.05) is 6.92 Å². The maximum atomic E-state index is 12.7. The van der Waals surface area contributed by atoms with Crippen LogP contribution < -0.4 is 16.3 Å². The van der Waals surface area contributed by atoms with Gasteiger partial charge in [0.15, 0.2) is 12.3 Å². The average molecular weight is 522 g/mol. The summed E-state index contributed by atoms with van der Waals surface area (Å²) >= 11 is 0. The van der Waals surface area contributed by atoms with Crippen molar-refractivity contribution in [2.24, 2.45) is 5.92 Å². The first kappa shape index (κ1) is 28.3. The molecule has 1 aromatic heterocycles. The van der Waals surface area contributed by atoms with Gasteiger partial charge in [-0.25, -0.2) is 4.79 Å². The number of methoxy groups -OCH3 is 1. The number of amides is 3. The minimum atomic E-state index is -0.901. The molecule has 2 saturated heterocycles. The lowest BCUT2D eigenvalue weighted by Gasteiger charge is -2.31. The van der Waals surface area contributed by atoms with E-state index in [-0.39, 0.29) is 42.3 Å². The molecule has 0 saturated carbocycles. The number of likely N-dealkylation sites (tertiary alicyclic amines) is 1. The van der Waals surface area contributed by atoms with Crippen molar-refractivity contribution in [3.63, 3.8) is 0 Å². The summed E-state index contributed by atoms with van der Waals surface area (Å²) in [5.41, 5.74) is -0.661. The molecule has 13 nitrogen and oxygen atoms in total. The first-order valence-corrected chi connectivity index (χ1v) is 12.4. The van der Waals surface area contributed by atoms with Gasteiger partial charge in [-0.15, -0.1) is 0 Å². The number of hydrogen-bond donors (Lipinski definition) is 2. The highest BCUT2D eigenvalue weighted by Gasteiger charge is 2.48. The lowest BCUT2D eigenvalue weighted by Crippen LogP contribution is -2.42. The molecule has 2 aliphatic rings. The summed E-state index contributed by atoms with van der Waals surface area (Å²) in [6, 6.07) is 1.46. The molecule has 13 heteroatoms. The summed E-state index contributed by atoms with van der Waals surface area (Å²) in [4.78, 5) is 66.4. The molecule has 2 aliphatic heterocycles. The second kappa shape index (κ2) is 12.8. The van der Waals surface area contributed by atoms with Crippen LogP contribution in [0.1, 0.15) is 52.2 Å². The second-order valence-electron chi connectivity index (χ2n) is 9.08. The normalized spacial score (nSPS) is 23.9. The highest BCUT2D eigenvalue weighted by atomic mass is 16.6. The minimum Gasteiger partial charge on any atom is -0.457 e. The molecule has 3 amide bonds. The lowest BCUT2D eigenvalue weighted by molar-refractivity contribution is -0.158. The molecule has 2 fully saturated rings. The van der Waals surface area contributed by atoms with E-state index < -0.39 is 36.2 Å². The first-order valence-electron chi connectivity index (χ1n) is 12.4. The van der Waals surface area contributed by atoms with Crippen LogP contribution in [0, 0.1) is 5.92 Å². The molecule has 0 aromatic carbocycles. The molecular weight excluding hydrogens is 486 g/mol. The number of hydrogen-bond acceptors (Lipinski definition) is 9. The Morgan fingerprint density at radius 3 is 2.43 bits per heavy atom. The maximum absolute atomic E-state index is 12.7. The molecule has 37 heavy (non-hydrogen) atoms. The zero-order valence-corrected chi connectivity index (χ0v) is 21.6. The van der Waals surface area contributed by atoms with E-state index in [4.69, 9.17) is 14.2 Å². The average Bonchev–Trinajstić information content (AvgIpc) is 3.23. The van der Waals surface area contributed by atoms with E-state index in [0.29, 0.717) is 32.4 Å². The largest absolute Gasteiger partial charge is 0.457 e. The summed E-state index contributed by atoms with van der Waals surface area (Å²) in [5.74, 6) is -1.11. The van der Waals surface area contributed by atoms with Crippen LogP contribution in [0.2, 0.25) is 0 Å². The van der Waals surface area contributed by atoms with Crippen molar-refractivity contribution < 1.29 is 33.4 Å². The number of esters is 1. The van der Waals surface area contributed by atoms with Crippen LogP contribution in [0.25, 0.3) is 0 Å². The van der Waals surface area contributed by atoms with Crippen LogP contribution in [0.3, 0.4) is 0 Å². The SMILES string of the molecule is CC[C@H]1O[C@@H](n2ccc(NC(C)=O)nc2=O)C(OC)[C@H]1OC(=O)CCC(=O)N1CCC(C(=O)NC)CC1. The van der Waals surface area contributed by atoms with Crippen LogP contribution >= 0.6 is 0 Å². The Labute approximate surface area is 214 Å². The number of carbonyl (C=O) groups excluding carboxylic acids is 4. The number of ether oxygens (including phenoxy) is 3. The van der Waals surface area contributed by atoms with Gasteiger partial charge < -0.3 is 29.7 Å². The Morgan fingerprint density at radius 1 is 1.16 bits per heavy atom. The number of carbonyl (C=O) groups is 4. The minimum absolute atomic E-state index is 0.0110. The van der Waals surface area contributed by atoms with Crippen molar-refractivity contribution >= 4 is 29.5 Å². The van der Waals surface area contributed by atoms with Crippen LogP contribution in [0.5, 0.6) is 0 Å². The molecule has 0 bridgehead atoms. The summed E-state index contributed by atoms with van der Waals surface area (Å²) in [6.07, 6.45) is -0.0675. The predicted octanol–water partition coefficient (Wildman–Crippen LogP) is 0.201. The summed E-state index contributed by atoms with van der Waals surface area (Å²) in [5, 5.41) is 5.08. The zero-order chi connectivity index (χ0) is 27.1. The van der Waals surface area contributed by atoms with Gasteiger partial charge in [0.25, 0.3) is 0 Å². The number of aromatic nitrogens is 2. The van der Waals surface area contributed by atoms with Gasteiger partial charge in [-0.05, 0) is 25.3 Å². The molecule has 1 unspecified atom stereocenters. The molecule has 1 aromatic rings. The van der Waals surface area contributed by atoms with Crippen LogP contribution in [0.4, 0.5) is 5.82 Å². The number of anilines is 1. The van der Waals surface area contributed by atoms with E-state index in [9.17, 15) is 24.0 Å². The van der Waals surface area contributed by atoms with Crippen LogP contribution in [-0.4, -0.2) is 83.7 Å². The Kier molecular flexibility index (Phi) is 9.75. The van der Waals surface area contributed by atoms with Gasteiger partial charge in [0, 0.05) is 52.7 Å². The Balaban J connectivity index is 1.59. The van der Waals surface area contributed by atoms with E-state index in [2.05, 4.69) is 15.6 Å². The fraction of sp³-hybridized carbons (Fsp3) is 0.667. The van der Waals surface area contributed by atoms with Crippen molar-refractivity contribution in [3.05, 3.63) is 22.7 Å². The number of nitrogens with zero attached hydrogens (tertiary/aromatic N) is 3.